The van der Waals surface area contributed by atoms with Crippen LogP contribution in [0.2, 0.25) is 0 Å². The first-order valence-corrected chi connectivity index (χ1v) is 3.00. The Morgan fingerprint density at radius 2 is 2.18 bits per heavy atom. The number of hydrazine groups is 1. The van der Waals surface area contributed by atoms with E-state index in [9.17, 15) is 4.79 Å². The molecule has 6 nitrogen and oxygen atoms in total. The van der Waals surface area contributed by atoms with E-state index < -0.39 is 5.97 Å². The van der Waals surface area contributed by atoms with Crippen molar-refractivity contribution in [1.29, 1.82) is 0 Å². The molecule has 0 amide bonds. The van der Waals surface area contributed by atoms with Gasteiger partial charge >= 0.3 is 5.97 Å². The Kier molecular flexibility index (Phi) is 4.01. The minimum Gasteiger partial charge on any atom is -0.477 e. The van der Waals surface area contributed by atoms with Gasteiger partial charge in [-0.1, -0.05) is 0 Å². The maximum atomic E-state index is 10.1. The number of hydrogen-bond donors (Lipinski definition) is 4. The fraction of sp³-hybridized carbons (Fsp3) is 0.400. The van der Waals surface area contributed by atoms with Gasteiger partial charge in [0.25, 0.3) is 0 Å². The van der Waals surface area contributed by atoms with E-state index in [2.05, 4.69) is 0 Å². The smallest absolute Gasteiger partial charge is 0.353 e. The van der Waals surface area contributed by atoms with Crippen molar-refractivity contribution in [3.05, 3.63) is 11.9 Å². The van der Waals surface area contributed by atoms with Crippen molar-refractivity contribution in [3.8, 4) is 0 Å². The average molecular weight is 160 g/mol. The SMILES string of the molecule is NCCN(N)/C=C(\N)C(=O)O. The van der Waals surface area contributed by atoms with E-state index in [0.29, 0.717) is 13.1 Å². The topological polar surface area (TPSA) is 119 Å². The number of aliphatic carboxylic acids is 1. The second-order valence-electron chi connectivity index (χ2n) is 1.92. The van der Waals surface area contributed by atoms with Crippen LogP contribution >= 0.6 is 0 Å². The summed E-state index contributed by atoms with van der Waals surface area (Å²) in [5.41, 5.74) is 9.88. The average Bonchev–Trinajstić information content (AvgIpc) is 1.87. The lowest BCUT2D eigenvalue weighted by Crippen LogP contribution is -2.32. The van der Waals surface area contributed by atoms with Crippen molar-refractivity contribution in [1.82, 2.24) is 5.01 Å². The number of rotatable bonds is 4. The maximum Gasteiger partial charge on any atom is 0.353 e. The van der Waals surface area contributed by atoms with Crippen LogP contribution in [0.5, 0.6) is 0 Å². The predicted octanol–water partition coefficient (Wildman–Crippen LogP) is -1.99. The lowest BCUT2D eigenvalue weighted by Gasteiger charge is -2.11. The third-order valence-corrected chi connectivity index (χ3v) is 0.939. The molecular weight excluding hydrogens is 148 g/mol. The molecule has 0 saturated heterocycles. The van der Waals surface area contributed by atoms with Gasteiger partial charge in [0.15, 0.2) is 0 Å². The molecule has 0 rings (SSSR count). The van der Waals surface area contributed by atoms with Crippen molar-refractivity contribution >= 4 is 5.97 Å². The molecule has 7 N–H and O–H groups in total. The molecule has 0 aromatic rings. The molecule has 0 atom stereocenters. The summed E-state index contributed by atoms with van der Waals surface area (Å²) < 4.78 is 0. The molecule has 0 aliphatic rings. The number of carbonyl (C=O) groups is 1. The van der Waals surface area contributed by atoms with Crippen molar-refractivity contribution < 1.29 is 9.90 Å². The van der Waals surface area contributed by atoms with E-state index in [4.69, 9.17) is 22.4 Å². The Balaban J connectivity index is 3.96. The van der Waals surface area contributed by atoms with Gasteiger partial charge in [-0.05, 0) is 0 Å². The number of hydrogen-bond acceptors (Lipinski definition) is 5. The van der Waals surface area contributed by atoms with Crippen LogP contribution in [0.1, 0.15) is 0 Å². The van der Waals surface area contributed by atoms with E-state index in [1.165, 1.54) is 0 Å². The van der Waals surface area contributed by atoms with Crippen LogP contribution < -0.4 is 17.3 Å². The number of carboxylic acid groups (broad SMARTS) is 1. The zero-order chi connectivity index (χ0) is 8.85. The summed E-state index contributed by atoms with van der Waals surface area (Å²) in [6.07, 6.45) is 1.12. The highest BCUT2D eigenvalue weighted by molar-refractivity contribution is 5.85. The molecule has 11 heavy (non-hydrogen) atoms. The van der Waals surface area contributed by atoms with Crippen molar-refractivity contribution in [2.45, 2.75) is 0 Å². The minimum atomic E-state index is -1.20. The quantitative estimate of drug-likeness (QED) is 0.215. The van der Waals surface area contributed by atoms with Gasteiger partial charge in [-0.2, -0.15) is 0 Å². The lowest BCUT2D eigenvalue weighted by atomic mass is 10.5. The molecule has 0 spiro atoms. The molecule has 0 aliphatic carbocycles. The third-order valence-electron chi connectivity index (χ3n) is 0.939. The first-order chi connectivity index (χ1) is 5.07. The highest BCUT2D eigenvalue weighted by Gasteiger charge is 2.01. The lowest BCUT2D eigenvalue weighted by molar-refractivity contribution is -0.132. The first kappa shape index (κ1) is 9.73. The molecule has 0 aromatic heterocycles. The van der Waals surface area contributed by atoms with Crippen LogP contribution in [0.25, 0.3) is 0 Å². The fourth-order valence-corrected chi connectivity index (χ4v) is 0.447. The number of nitrogens with zero attached hydrogens (tertiary/aromatic N) is 1. The number of nitrogens with two attached hydrogens (primary N) is 3. The summed E-state index contributed by atoms with van der Waals surface area (Å²) in [4.78, 5) is 10.1. The zero-order valence-electron chi connectivity index (χ0n) is 6.03. The van der Waals surface area contributed by atoms with Gasteiger partial charge in [0, 0.05) is 19.3 Å². The molecule has 0 fully saturated rings. The van der Waals surface area contributed by atoms with Crippen molar-refractivity contribution in [3.63, 3.8) is 0 Å². The molecule has 0 radical (unpaired) electrons. The monoisotopic (exact) mass is 160 g/mol. The van der Waals surface area contributed by atoms with Crippen LogP contribution in [0.15, 0.2) is 11.9 Å². The molecule has 64 valence electrons. The second kappa shape index (κ2) is 4.53. The predicted molar refractivity (Wildman–Crippen MR) is 39.9 cm³/mol. The van der Waals surface area contributed by atoms with Gasteiger partial charge in [0.05, 0.1) is 0 Å². The van der Waals surface area contributed by atoms with Gasteiger partial charge in [-0.3, -0.25) is 0 Å². The normalized spacial score (nSPS) is 11.3. The van der Waals surface area contributed by atoms with Crippen molar-refractivity contribution in [2.24, 2.45) is 17.3 Å². The highest BCUT2D eigenvalue weighted by Crippen LogP contribution is 1.85. The van der Waals surface area contributed by atoms with E-state index in [1.54, 1.807) is 0 Å². The summed E-state index contributed by atoms with van der Waals surface area (Å²) in [5, 5.41) is 9.42. The molecule has 0 saturated carbocycles. The first-order valence-electron chi connectivity index (χ1n) is 3.00. The summed E-state index contributed by atoms with van der Waals surface area (Å²) >= 11 is 0. The second-order valence-corrected chi connectivity index (χ2v) is 1.92. The largest absolute Gasteiger partial charge is 0.477 e. The van der Waals surface area contributed by atoms with Crippen molar-refractivity contribution in [2.75, 3.05) is 13.1 Å². The fourth-order valence-electron chi connectivity index (χ4n) is 0.447. The molecule has 0 bridgehead atoms. The van der Waals surface area contributed by atoms with E-state index >= 15 is 0 Å². The van der Waals surface area contributed by atoms with Crippen LogP contribution in [0.4, 0.5) is 0 Å². The van der Waals surface area contributed by atoms with Gasteiger partial charge in [-0.15, -0.1) is 0 Å². The molecule has 0 heterocycles. The molecule has 0 unspecified atom stereocenters. The highest BCUT2D eigenvalue weighted by atomic mass is 16.4. The van der Waals surface area contributed by atoms with E-state index in [0.717, 1.165) is 11.2 Å². The Bertz CT molecular complexity index is 168. The summed E-state index contributed by atoms with van der Waals surface area (Å²) in [6, 6.07) is 0. The van der Waals surface area contributed by atoms with Crippen LogP contribution in [-0.2, 0) is 4.79 Å². The maximum absolute atomic E-state index is 10.1. The third kappa shape index (κ3) is 4.18. The van der Waals surface area contributed by atoms with Crippen LogP contribution in [0.3, 0.4) is 0 Å². The van der Waals surface area contributed by atoms with Crippen LogP contribution in [-0.4, -0.2) is 29.2 Å². The van der Waals surface area contributed by atoms with Gasteiger partial charge in [0.2, 0.25) is 0 Å². The van der Waals surface area contributed by atoms with Crippen LogP contribution in [0, 0.1) is 0 Å². The van der Waals surface area contributed by atoms with E-state index in [1.807, 2.05) is 0 Å². The van der Waals surface area contributed by atoms with Gasteiger partial charge < -0.3 is 21.6 Å². The van der Waals surface area contributed by atoms with Gasteiger partial charge in [0.1, 0.15) is 5.70 Å². The number of carboxylic acids is 1. The Morgan fingerprint density at radius 1 is 1.64 bits per heavy atom. The summed E-state index contributed by atoms with van der Waals surface area (Å²) in [7, 11) is 0. The summed E-state index contributed by atoms with van der Waals surface area (Å²) in [6.45, 7) is 0.716. The standard InChI is InChI=1S/C5H12N4O2/c6-1-2-9(8)3-4(7)5(10)11/h3H,1-2,6-8H2,(H,10,11)/b4-3-. The Labute approximate surface area is 64.2 Å². The zero-order valence-corrected chi connectivity index (χ0v) is 6.03. The Morgan fingerprint density at radius 3 is 2.55 bits per heavy atom. The molecular formula is C5H12N4O2. The van der Waals surface area contributed by atoms with E-state index in [-0.39, 0.29) is 5.70 Å². The van der Waals surface area contributed by atoms with Gasteiger partial charge in [-0.25, -0.2) is 10.6 Å². The molecule has 6 heteroatoms. The minimum absolute atomic E-state index is 0.305. The molecule has 0 aliphatic heterocycles. The summed E-state index contributed by atoms with van der Waals surface area (Å²) in [5.74, 6) is 4.06. The Hall–Kier alpha value is -1.27. The molecule has 0 aromatic carbocycles.